The zero-order valence-electron chi connectivity index (χ0n) is 28.8. The molecule has 1 spiro atoms. The number of benzene rings is 9. The minimum absolute atomic E-state index is 0.447. The van der Waals surface area contributed by atoms with Gasteiger partial charge in [0.05, 0.1) is 16.8 Å². The maximum atomic E-state index is 6.92. The molecule has 12 rings (SSSR count). The summed E-state index contributed by atoms with van der Waals surface area (Å²) < 4.78 is 6.92. The number of hydrogen-bond acceptors (Lipinski definition) is 2. The summed E-state index contributed by atoms with van der Waals surface area (Å²) in [4.78, 5) is 2.45. The second-order valence-corrected chi connectivity index (χ2v) is 14.4. The average Bonchev–Trinajstić information content (AvgIpc) is 3.86. The van der Waals surface area contributed by atoms with Crippen LogP contribution in [-0.2, 0) is 5.41 Å². The first-order chi connectivity index (χ1) is 26.3. The molecule has 1 aromatic heterocycles. The topological polar surface area (TPSA) is 16.4 Å². The molecule has 10 aromatic rings. The Morgan fingerprint density at radius 3 is 1.64 bits per heavy atom. The lowest BCUT2D eigenvalue weighted by Crippen LogP contribution is -2.26. The minimum Gasteiger partial charge on any atom is -0.454 e. The van der Waals surface area contributed by atoms with E-state index in [1.807, 2.05) is 0 Å². The highest BCUT2D eigenvalue weighted by Gasteiger charge is 2.51. The Balaban J connectivity index is 1.22. The second kappa shape index (κ2) is 10.6. The third-order valence-electron chi connectivity index (χ3n) is 11.8. The second-order valence-electron chi connectivity index (χ2n) is 14.4. The van der Waals surface area contributed by atoms with Gasteiger partial charge in [0.1, 0.15) is 5.58 Å². The van der Waals surface area contributed by atoms with Gasteiger partial charge in [-0.2, -0.15) is 0 Å². The number of hydrogen-bond donors (Lipinski definition) is 0. The fraction of sp³-hybridized carbons (Fsp3) is 0.0196. The highest BCUT2D eigenvalue weighted by Crippen LogP contribution is 2.63. The van der Waals surface area contributed by atoms with Gasteiger partial charge in [-0.3, -0.25) is 0 Å². The SMILES string of the molecule is c1ccc2c(c1)-c1ccccc1C21c2ccccc2-c2ccc(N(c3cccc4ccccc34)c3cc4ccccc4c4c3oc3ccccc34)cc21. The first-order valence-electron chi connectivity index (χ1n) is 18.4. The predicted molar refractivity (Wildman–Crippen MR) is 220 cm³/mol. The van der Waals surface area contributed by atoms with E-state index in [2.05, 4.69) is 193 Å². The lowest BCUT2D eigenvalue weighted by Gasteiger charge is -2.32. The molecule has 0 saturated carbocycles. The van der Waals surface area contributed by atoms with E-state index in [-0.39, 0.29) is 0 Å². The van der Waals surface area contributed by atoms with Crippen LogP contribution in [0.5, 0.6) is 0 Å². The van der Waals surface area contributed by atoms with E-state index in [1.54, 1.807) is 0 Å². The predicted octanol–water partition coefficient (Wildman–Crippen LogP) is 13.7. The molecule has 0 N–H and O–H groups in total. The Morgan fingerprint density at radius 1 is 0.377 bits per heavy atom. The Morgan fingerprint density at radius 2 is 0.925 bits per heavy atom. The first-order valence-corrected chi connectivity index (χ1v) is 18.4. The summed E-state index contributed by atoms with van der Waals surface area (Å²) in [7, 11) is 0. The van der Waals surface area contributed by atoms with Gasteiger partial charge >= 0.3 is 0 Å². The molecule has 2 aliphatic rings. The fourth-order valence-electron chi connectivity index (χ4n) is 9.76. The molecule has 0 radical (unpaired) electrons. The zero-order chi connectivity index (χ0) is 34.7. The minimum atomic E-state index is -0.447. The summed E-state index contributed by atoms with van der Waals surface area (Å²) >= 11 is 0. The van der Waals surface area contributed by atoms with Crippen molar-refractivity contribution >= 4 is 60.5 Å². The number of para-hydroxylation sites is 1. The molecular formula is C51H31NO. The van der Waals surface area contributed by atoms with Crippen molar-refractivity contribution in [2.75, 3.05) is 4.90 Å². The molecule has 2 heteroatoms. The van der Waals surface area contributed by atoms with E-state index in [1.165, 1.54) is 66.1 Å². The molecule has 2 nitrogen and oxygen atoms in total. The van der Waals surface area contributed by atoms with Crippen molar-refractivity contribution < 1.29 is 4.42 Å². The molecule has 0 fully saturated rings. The van der Waals surface area contributed by atoms with Gasteiger partial charge in [-0.05, 0) is 91.0 Å². The molecule has 0 saturated heterocycles. The van der Waals surface area contributed by atoms with Crippen LogP contribution in [0.3, 0.4) is 0 Å². The Kier molecular flexibility index (Phi) is 5.73. The van der Waals surface area contributed by atoms with Gasteiger partial charge in [0.2, 0.25) is 0 Å². The number of rotatable bonds is 3. The molecular weight excluding hydrogens is 643 g/mol. The summed E-state index contributed by atoms with van der Waals surface area (Å²) in [6.45, 7) is 0. The van der Waals surface area contributed by atoms with E-state index in [0.717, 1.165) is 39.0 Å². The summed E-state index contributed by atoms with van der Waals surface area (Å²) in [6.07, 6.45) is 0. The lowest BCUT2D eigenvalue weighted by atomic mass is 9.70. The van der Waals surface area contributed by atoms with Gasteiger partial charge in [-0.15, -0.1) is 0 Å². The third kappa shape index (κ3) is 3.72. The van der Waals surface area contributed by atoms with Gasteiger partial charge in [-0.1, -0.05) is 158 Å². The van der Waals surface area contributed by atoms with Crippen molar-refractivity contribution in [2.24, 2.45) is 0 Å². The van der Waals surface area contributed by atoms with Crippen molar-refractivity contribution in [3.8, 4) is 22.3 Å². The largest absolute Gasteiger partial charge is 0.454 e. The molecule has 1 heterocycles. The van der Waals surface area contributed by atoms with E-state index >= 15 is 0 Å². The standard InChI is InChI=1S/C51H31NO/c1-3-17-35-32(14-1)16-13-26-46(35)52(47-30-33-15-2-4-18-36(33)49-41-22-8-12-27-48(41)53-50(47)49)34-28-29-40-39-21-7-11-25-44(39)51(45(40)31-34)42-23-9-5-19-37(42)38-20-6-10-24-43(38)51/h1-31H. The molecule has 0 aliphatic heterocycles. The van der Waals surface area contributed by atoms with E-state index in [9.17, 15) is 0 Å². The summed E-state index contributed by atoms with van der Waals surface area (Å²) in [5, 5.41) is 7.01. The maximum absolute atomic E-state index is 6.92. The molecule has 0 atom stereocenters. The smallest absolute Gasteiger partial charge is 0.160 e. The number of furan rings is 1. The van der Waals surface area contributed by atoms with Gasteiger partial charge in [0.15, 0.2) is 5.58 Å². The van der Waals surface area contributed by atoms with E-state index in [0.29, 0.717) is 0 Å². The number of nitrogens with zero attached hydrogens (tertiary/aromatic N) is 1. The van der Waals surface area contributed by atoms with Crippen LogP contribution in [0.1, 0.15) is 22.3 Å². The Labute approximate surface area is 306 Å². The number of fused-ring (bicyclic) bond motifs is 16. The summed E-state index contributed by atoms with van der Waals surface area (Å²) in [5.41, 5.74) is 15.0. The average molecular weight is 674 g/mol. The summed E-state index contributed by atoms with van der Waals surface area (Å²) in [6, 6.07) is 69.0. The van der Waals surface area contributed by atoms with E-state index < -0.39 is 5.41 Å². The van der Waals surface area contributed by atoms with Crippen molar-refractivity contribution in [3.05, 3.63) is 210 Å². The van der Waals surface area contributed by atoms with Crippen molar-refractivity contribution in [2.45, 2.75) is 5.41 Å². The monoisotopic (exact) mass is 673 g/mol. The summed E-state index contributed by atoms with van der Waals surface area (Å²) in [5.74, 6) is 0. The highest BCUT2D eigenvalue weighted by molar-refractivity contribution is 6.23. The van der Waals surface area contributed by atoms with Crippen LogP contribution in [0.15, 0.2) is 192 Å². The van der Waals surface area contributed by atoms with Crippen LogP contribution in [0.25, 0.3) is 65.7 Å². The molecule has 0 bridgehead atoms. The van der Waals surface area contributed by atoms with Crippen LogP contribution in [-0.4, -0.2) is 0 Å². The third-order valence-corrected chi connectivity index (χ3v) is 11.8. The van der Waals surface area contributed by atoms with Crippen LogP contribution >= 0.6 is 0 Å². The van der Waals surface area contributed by atoms with Crippen LogP contribution in [0, 0.1) is 0 Å². The van der Waals surface area contributed by atoms with E-state index in [4.69, 9.17) is 4.42 Å². The molecule has 0 amide bonds. The van der Waals surface area contributed by atoms with Gasteiger partial charge in [0.25, 0.3) is 0 Å². The Hall–Kier alpha value is -6.90. The quantitative estimate of drug-likeness (QED) is 0.186. The fourth-order valence-corrected chi connectivity index (χ4v) is 9.76. The molecule has 2 aliphatic carbocycles. The molecule has 53 heavy (non-hydrogen) atoms. The van der Waals surface area contributed by atoms with Gasteiger partial charge in [-0.25, -0.2) is 0 Å². The Bertz CT molecular complexity index is 3080. The molecule has 9 aromatic carbocycles. The number of anilines is 3. The van der Waals surface area contributed by atoms with Gasteiger partial charge in [0, 0.05) is 21.8 Å². The maximum Gasteiger partial charge on any atom is 0.160 e. The lowest BCUT2D eigenvalue weighted by molar-refractivity contribution is 0.669. The van der Waals surface area contributed by atoms with Crippen molar-refractivity contribution in [1.82, 2.24) is 0 Å². The van der Waals surface area contributed by atoms with Crippen LogP contribution < -0.4 is 4.90 Å². The molecule has 246 valence electrons. The van der Waals surface area contributed by atoms with Gasteiger partial charge < -0.3 is 9.32 Å². The van der Waals surface area contributed by atoms with Crippen LogP contribution in [0.2, 0.25) is 0 Å². The van der Waals surface area contributed by atoms with Crippen LogP contribution in [0.4, 0.5) is 17.1 Å². The highest BCUT2D eigenvalue weighted by atomic mass is 16.3. The zero-order valence-corrected chi connectivity index (χ0v) is 28.8. The van der Waals surface area contributed by atoms with Crippen molar-refractivity contribution in [1.29, 1.82) is 0 Å². The van der Waals surface area contributed by atoms with Crippen molar-refractivity contribution in [3.63, 3.8) is 0 Å². The molecule has 0 unspecified atom stereocenters. The normalized spacial score (nSPS) is 13.4. The first kappa shape index (κ1) is 28.8.